The zero-order valence-electron chi connectivity index (χ0n) is 17.5. The van der Waals surface area contributed by atoms with Crippen LogP contribution in [0.4, 0.5) is 0 Å². The molecule has 0 N–H and O–H groups in total. The van der Waals surface area contributed by atoms with Crippen LogP contribution in [0.15, 0.2) is 48.5 Å². The summed E-state index contributed by atoms with van der Waals surface area (Å²) in [5.74, 6) is 0. The maximum Gasteiger partial charge on any atom is 0.143 e. The topological polar surface area (TPSA) is 17.1 Å². The second-order valence-corrected chi connectivity index (χ2v) is 10.6. The quantitative estimate of drug-likeness (QED) is 0.284. The molecule has 0 amide bonds. The largest absolute Gasteiger partial charge is 0.314 e. The lowest BCUT2D eigenvalue weighted by atomic mass is 10.1. The van der Waals surface area contributed by atoms with E-state index in [1.807, 2.05) is 18.2 Å². The molecule has 0 aromatic heterocycles. The van der Waals surface area contributed by atoms with Gasteiger partial charge in [-0.1, -0.05) is 107 Å². The maximum absolute atomic E-state index is 14.3. The van der Waals surface area contributed by atoms with Gasteiger partial charge in [0.2, 0.25) is 0 Å². The van der Waals surface area contributed by atoms with Crippen molar-refractivity contribution in [2.75, 3.05) is 6.16 Å². The Hall–Kier alpha value is -1.33. The van der Waals surface area contributed by atoms with Crippen LogP contribution in [0, 0.1) is 6.92 Å². The van der Waals surface area contributed by atoms with E-state index in [-0.39, 0.29) is 0 Å². The van der Waals surface area contributed by atoms with Crippen molar-refractivity contribution in [1.82, 2.24) is 0 Å². The zero-order valence-corrected chi connectivity index (χ0v) is 18.4. The molecule has 0 radical (unpaired) electrons. The van der Waals surface area contributed by atoms with Gasteiger partial charge < -0.3 is 4.57 Å². The SMILES string of the molecule is CCCCCCCCCCP(=O)(c1ccccc1)c1cccc(C)c1CC. The molecule has 27 heavy (non-hydrogen) atoms. The molecule has 1 nitrogen and oxygen atoms in total. The third kappa shape index (κ3) is 6.08. The first-order valence-electron chi connectivity index (χ1n) is 10.9. The van der Waals surface area contributed by atoms with E-state index in [1.54, 1.807) is 0 Å². The summed E-state index contributed by atoms with van der Waals surface area (Å²) in [6.45, 7) is 6.59. The van der Waals surface area contributed by atoms with Gasteiger partial charge in [-0.05, 0) is 30.9 Å². The predicted octanol–water partition coefficient (Wildman–Crippen LogP) is 7.01. The Bertz CT molecular complexity index is 720. The number of aryl methyl sites for hydroxylation is 1. The minimum absolute atomic E-state index is 0.794. The number of rotatable bonds is 12. The van der Waals surface area contributed by atoms with E-state index in [2.05, 4.69) is 51.1 Å². The molecule has 148 valence electrons. The summed E-state index contributed by atoms with van der Waals surface area (Å²) in [5, 5.41) is 2.12. The smallest absolute Gasteiger partial charge is 0.143 e. The van der Waals surface area contributed by atoms with Crippen molar-refractivity contribution in [2.45, 2.75) is 78.6 Å². The first kappa shape index (κ1) is 22.0. The van der Waals surface area contributed by atoms with Crippen LogP contribution in [0.1, 0.15) is 76.3 Å². The molecule has 0 spiro atoms. The number of benzene rings is 2. The maximum atomic E-state index is 14.3. The van der Waals surface area contributed by atoms with Crippen molar-refractivity contribution >= 4 is 17.8 Å². The first-order valence-corrected chi connectivity index (χ1v) is 12.8. The monoisotopic (exact) mass is 384 g/mol. The third-order valence-corrected chi connectivity index (χ3v) is 8.90. The molecule has 2 aromatic rings. The highest BCUT2D eigenvalue weighted by atomic mass is 31.2. The standard InChI is InChI=1S/C25H37OP/c1-4-6-7-8-9-10-11-15-21-27(26,23-18-13-12-14-19-23)25-20-16-17-22(3)24(25)5-2/h12-14,16-20H,4-11,15,21H2,1-3H3. The van der Waals surface area contributed by atoms with Crippen molar-refractivity contribution in [3.05, 3.63) is 59.7 Å². The molecular weight excluding hydrogens is 347 g/mol. The molecule has 0 fully saturated rings. The number of hydrogen-bond donors (Lipinski definition) is 0. The molecule has 0 saturated carbocycles. The molecular formula is C25H37OP. The summed E-state index contributed by atoms with van der Waals surface area (Å²) in [6.07, 6.45) is 11.9. The lowest BCUT2D eigenvalue weighted by Gasteiger charge is -2.23. The molecule has 1 atom stereocenters. The Kier molecular flexibility index (Phi) is 9.35. The highest BCUT2D eigenvalue weighted by Gasteiger charge is 2.29. The van der Waals surface area contributed by atoms with Gasteiger partial charge in [-0.25, -0.2) is 0 Å². The summed E-state index contributed by atoms with van der Waals surface area (Å²) in [5.41, 5.74) is 2.55. The van der Waals surface area contributed by atoms with Gasteiger partial charge in [-0.15, -0.1) is 0 Å². The molecule has 2 aromatic carbocycles. The lowest BCUT2D eigenvalue weighted by Crippen LogP contribution is -2.22. The van der Waals surface area contributed by atoms with E-state index in [0.717, 1.165) is 29.6 Å². The highest BCUT2D eigenvalue weighted by molar-refractivity contribution is 7.78. The molecule has 0 aliphatic carbocycles. The van der Waals surface area contributed by atoms with Crippen LogP contribution in [-0.4, -0.2) is 6.16 Å². The average molecular weight is 385 g/mol. The van der Waals surface area contributed by atoms with E-state index in [9.17, 15) is 4.57 Å². The summed E-state index contributed by atoms with van der Waals surface area (Å²) in [6, 6.07) is 16.5. The highest BCUT2D eigenvalue weighted by Crippen LogP contribution is 2.45. The second kappa shape index (κ2) is 11.5. The molecule has 0 aliphatic rings. The zero-order chi connectivity index (χ0) is 19.5. The minimum Gasteiger partial charge on any atom is -0.314 e. The summed E-state index contributed by atoms with van der Waals surface area (Å²) >= 11 is 0. The Morgan fingerprint density at radius 1 is 0.741 bits per heavy atom. The minimum atomic E-state index is -2.57. The van der Waals surface area contributed by atoms with Crippen LogP contribution in [0.5, 0.6) is 0 Å². The van der Waals surface area contributed by atoms with Gasteiger partial charge in [0, 0.05) is 16.8 Å². The number of hydrogen-bond acceptors (Lipinski definition) is 1. The van der Waals surface area contributed by atoms with Crippen LogP contribution in [0.3, 0.4) is 0 Å². The molecule has 1 unspecified atom stereocenters. The molecule has 2 rings (SSSR count). The molecule has 0 bridgehead atoms. The van der Waals surface area contributed by atoms with Crippen molar-refractivity contribution in [3.8, 4) is 0 Å². The van der Waals surface area contributed by atoms with Gasteiger partial charge in [0.15, 0.2) is 0 Å². The van der Waals surface area contributed by atoms with Gasteiger partial charge in [-0.2, -0.15) is 0 Å². The van der Waals surface area contributed by atoms with Crippen molar-refractivity contribution in [2.24, 2.45) is 0 Å². The van der Waals surface area contributed by atoms with Crippen molar-refractivity contribution < 1.29 is 4.57 Å². The Morgan fingerprint density at radius 3 is 2.00 bits per heavy atom. The van der Waals surface area contributed by atoms with E-state index in [4.69, 9.17) is 0 Å². The fraction of sp³-hybridized carbons (Fsp3) is 0.520. The fourth-order valence-corrected chi connectivity index (χ4v) is 7.21. The Morgan fingerprint density at radius 2 is 1.37 bits per heavy atom. The molecule has 2 heteroatoms. The van der Waals surface area contributed by atoms with E-state index in [1.165, 1.54) is 56.1 Å². The van der Waals surface area contributed by atoms with Gasteiger partial charge >= 0.3 is 0 Å². The summed E-state index contributed by atoms with van der Waals surface area (Å²) < 4.78 is 14.3. The van der Waals surface area contributed by atoms with Gasteiger partial charge in [0.25, 0.3) is 0 Å². The summed E-state index contributed by atoms with van der Waals surface area (Å²) in [7, 11) is -2.57. The van der Waals surface area contributed by atoms with Crippen LogP contribution in [0.2, 0.25) is 0 Å². The van der Waals surface area contributed by atoms with Crippen LogP contribution >= 0.6 is 7.14 Å². The summed E-state index contributed by atoms with van der Waals surface area (Å²) in [4.78, 5) is 0. The van der Waals surface area contributed by atoms with Gasteiger partial charge in [0.05, 0.1) is 0 Å². The molecule has 0 saturated heterocycles. The molecule has 0 heterocycles. The van der Waals surface area contributed by atoms with E-state index < -0.39 is 7.14 Å². The Balaban J connectivity index is 2.12. The van der Waals surface area contributed by atoms with Crippen molar-refractivity contribution in [3.63, 3.8) is 0 Å². The second-order valence-electron chi connectivity index (χ2n) is 7.70. The normalized spacial score (nSPS) is 13.4. The Labute approximate surface area is 167 Å². The average Bonchev–Trinajstić information content (AvgIpc) is 2.70. The van der Waals surface area contributed by atoms with Gasteiger partial charge in [0.1, 0.15) is 7.14 Å². The first-order chi connectivity index (χ1) is 13.1. The predicted molar refractivity (Wildman–Crippen MR) is 121 cm³/mol. The van der Waals surface area contributed by atoms with Crippen LogP contribution in [0.25, 0.3) is 0 Å². The lowest BCUT2D eigenvalue weighted by molar-refractivity contribution is 0.572. The van der Waals surface area contributed by atoms with Crippen molar-refractivity contribution in [1.29, 1.82) is 0 Å². The van der Waals surface area contributed by atoms with Crippen LogP contribution < -0.4 is 10.6 Å². The van der Waals surface area contributed by atoms with E-state index in [0.29, 0.717) is 0 Å². The van der Waals surface area contributed by atoms with Gasteiger partial charge in [-0.3, -0.25) is 0 Å². The van der Waals surface area contributed by atoms with E-state index >= 15 is 0 Å². The fourth-order valence-electron chi connectivity index (χ4n) is 4.01. The number of unbranched alkanes of at least 4 members (excludes halogenated alkanes) is 7. The van der Waals surface area contributed by atoms with Crippen LogP contribution in [-0.2, 0) is 11.0 Å². The third-order valence-electron chi connectivity index (χ3n) is 5.63. The molecule has 0 aliphatic heterocycles.